The van der Waals surface area contributed by atoms with Crippen molar-refractivity contribution in [1.29, 1.82) is 0 Å². The van der Waals surface area contributed by atoms with Crippen LogP contribution in [0, 0.1) is 10.1 Å². The van der Waals surface area contributed by atoms with Gasteiger partial charge in [0.25, 0.3) is 5.69 Å². The lowest BCUT2D eigenvalue weighted by Crippen LogP contribution is -2.17. The Balaban J connectivity index is 2.39. The molecule has 0 amide bonds. The van der Waals surface area contributed by atoms with Crippen LogP contribution in [-0.2, 0) is 11.3 Å². The number of benzene rings is 1. The Labute approximate surface area is 81.0 Å². The molecule has 0 aromatic heterocycles. The van der Waals surface area contributed by atoms with Crippen LogP contribution in [0.1, 0.15) is 5.56 Å². The van der Waals surface area contributed by atoms with E-state index in [4.69, 9.17) is 4.84 Å². The van der Waals surface area contributed by atoms with E-state index in [1.807, 2.05) is 0 Å². The van der Waals surface area contributed by atoms with Gasteiger partial charge in [0.2, 0.25) is 0 Å². The predicted molar refractivity (Wildman–Crippen MR) is 51.2 cm³/mol. The van der Waals surface area contributed by atoms with Crippen LogP contribution in [0.2, 0.25) is 0 Å². The molecule has 1 aliphatic rings. The van der Waals surface area contributed by atoms with Gasteiger partial charge in [-0.15, -0.1) is 0 Å². The monoisotopic (exact) mass is 194 g/mol. The van der Waals surface area contributed by atoms with E-state index < -0.39 is 0 Å². The Hall–Kier alpha value is -1.62. The molecule has 0 N–H and O–H groups in total. The Kier molecular flexibility index (Phi) is 2.09. The lowest BCUT2D eigenvalue weighted by atomic mass is 10.1. The molecule has 0 saturated heterocycles. The van der Waals surface area contributed by atoms with Gasteiger partial charge >= 0.3 is 0 Å². The summed E-state index contributed by atoms with van der Waals surface area (Å²) in [5.41, 5.74) is 2.04. The summed E-state index contributed by atoms with van der Waals surface area (Å²) in [5.74, 6) is 0. The van der Waals surface area contributed by atoms with Crippen molar-refractivity contribution >= 4 is 11.4 Å². The third kappa shape index (κ3) is 1.31. The average molecular weight is 194 g/mol. The fourth-order valence-electron chi connectivity index (χ4n) is 1.66. The summed E-state index contributed by atoms with van der Waals surface area (Å²) in [6.45, 7) is 0.757. The maximum absolute atomic E-state index is 10.5. The minimum Gasteiger partial charge on any atom is -0.277 e. The molecule has 1 aliphatic heterocycles. The number of hydrogen-bond acceptors (Lipinski definition) is 4. The van der Waals surface area contributed by atoms with Crippen LogP contribution in [0.5, 0.6) is 0 Å². The summed E-state index contributed by atoms with van der Waals surface area (Å²) in [7, 11) is 1.59. The molecule has 0 saturated carbocycles. The molecule has 0 aliphatic carbocycles. The number of nitro benzene ring substituents is 1. The fourth-order valence-corrected chi connectivity index (χ4v) is 1.66. The second-order valence-corrected chi connectivity index (χ2v) is 3.10. The molecule has 0 radical (unpaired) electrons. The van der Waals surface area contributed by atoms with Crippen LogP contribution < -0.4 is 5.06 Å². The smallest absolute Gasteiger partial charge is 0.269 e. The number of fused-ring (bicyclic) bond motifs is 1. The molecule has 2 rings (SSSR count). The second kappa shape index (κ2) is 3.26. The third-order valence-electron chi connectivity index (χ3n) is 2.35. The Bertz CT molecular complexity index is 378. The summed E-state index contributed by atoms with van der Waals surface area (Å²) in [4.78, 5) is 15.2. The second-order valence-electron chi connectivity index (χ2n) is 3.10. The molecule has 1 aromatic carbocycles. The summed E-state index contributed by atoms with van der Waals surface area (Å²) >= 11 is 0. The minimum absolute atomic E-state index is 0.140. The lowest BCUT2D eigenvalue weighted by molar-refractivity contribution is -0.384. The molecular weight excluding hydrogens is 184 g/mol. The van der Waals surface area contributed by atoms with Crippen molar-refractivity contribution in [3.8, 4) is 0 Å². The van der Waals surface area contributed by atoms with Gasteiger partial charge in [-0.05, 0) is 18.1 Å². The van der Waals surface area contributed by atoms with Gasteiger partial charge in [0.05, 0.1) is 17.7 Å². The SMILES string of the molecule is CON1CCc2cc([N+](=O)[O-])ccc21. The highest BCUT2D eigenvalue weighted by Crippen LogP contribution is 2.30. The first-order chi connectivity index (χ1) is 6.72. The highest BCUT2D eigenvalue weighted by Gasteiger charge is 2.21. The molecule has 74 valence electrons. The van der Waals surface area contributed by atoms with Crippen LogP contribution in [0.25, 0.3) is 0 Å². The first kappa shape index (κ1) is 8.96. The van der Waals surface area contributed by atoms with Gasteiger partial charge < -0.3 is 0 Å². The van der Waals surface area contributed by atoms with Crippen LogP contribution in [-0.4, -0.2) is 18.6 Å². The van der Waals surface area contributed by atoms with Crippen LogP contribution >= 0.6 is 0 Å². The zero-order valence-corrected chi connectivity index (χ0v) is 7.77. The normalized spacial score (nSPS) is 14.2. The van der Waals surface area contributed by atoms with E-state index in [0.717, 1.165) is 24.2 Å². The highest BCUT2D eigenvalue weighted by atomic mass is 16.7. The highest BCUT2D eigenvalue weighted by molar-refractivity contribution is 5.59. The van der Waals surface area contributed by atoms with Crippen molar-refractivity contribution in [1.82, 2.24) is 0 Å². The third-order valence-corrected chi connectivity index (χ3v) is 2.35. The summed E-state index contributed by atoms with van der Waals surface area (Å²) in [6.07, 6.45) is 0.796. The molecular formula is C9H10N2O3. The summed E-state index contributed by atoms with van der Waals surface area (Å²) < 4.78 is 0. The molecule has 1 aromatic rings. The largest absolute Gasteiger partial charge is 0.277 e. The quantitative estimate of drug-likeness (QED) is 0.529. The summed E-state index contributed by atoms with van der Waals surface area (Å²) in [6, 6.07) is 4.83. The topological polar surface area (TPSA) is 55.6 Å². The number of hydroxylamine groups is 1. The van der Waals surface area contributed by atoms with E-state index in [9.17, 15) is 10.1 Å². The van der Waals surface area contributed by atoms with Crippen molar-refractivity contribution in [3.05, 3.63) is 33.9 Å². The van der Waals surface area contributed by atoms with E-state index >= 15 is 0 Å². The van der Waals surface area contributed by atoms with Crippen LogP contribution in [0.3, 0.4) is 0 Å². The van der Waals surface area contributed by atoms with E-state index in [2.05, 4.69) is 0 Å². The van der Waals surface area contributed by atoms with E-state index in [-0.39, 0.29) is 10.6 Å². The molecule has 0 bridgehead atoms. The number of non-ortho nitro benzene ring substituents is 1. The molecule has 0 atom stereocenters. The van der Waals surface area contributed by atoms with Crippen molar-refractivity contribution in [3.63, 3.8) is 0 Å². The van der Waals surface area contributed by atoms with E-state index in [0.29, 0.717) is 0 Å². The van der Waals surface area contributed by atoms with Crippen molar-refractivity contribution in [2.24, 2.45) is 0 Å². The molecule has 0 spiro atoms. The zero-order chi connectivity index (χ0) is 10.1. The van der Waals surface area contributed by atoms with Gasteiger partial charge in [-0.3, -0.25) is 20.0 Å². The first-order valence-corrected chi connectivity index (χ1v) is 4.31. The lowest BCUT2D eigenvalue weighted by Gasteiger charge is -2.14. The first-order valence-electron chi connectivity index (χ1n) is 4.31. The average Bonchev–Trinajstić information content (AvgIpc) is 2.59. The van der Waals surface area contributed by atoms with Gasteiger partial charge in [0.1, 0.15) is 0 Å². The molecule has 0 fully saturated rings. The number of nitrogens with zero attached hydrogens (tertiary/aromatic N) is 2. The number of anilines is 1. The van der Waals surface area contributed by atoms with Gasteiger partial charge in [0.15, 0.2) is 0 Å². The molecule has 5 heteroatoms. The predicted octanol–water partition coefficient (Wildman–Crippen LogP) is 1.52. The van der Waals surface area contributed by atoms with E-state index in [1.165, 1.54) is 6.07 Å². The maximum Gasteiger partial charge on any atom is 0.269 e. The molecule has 0 unspecified atom stereocenters. The molecule has 14 heavy (non-hydrogen) atoms. The van der Waals surface area contributed by atoms with Crippen molar-refractivity contribution in [2.75, 3.05) is 18.7 Å². The molecule has 5 nitrogen and oxygen atoms in total. The zero-order valence-electron chi connectivity index (χ0n) is 7.77. The summed E-state index contributed by atoms with van der Waals surface area (Å²) in [5, 5.41) is 12.2. The van der Waals surface area contributed by atoms with Crippen LogP contribution in [0.4, 0.5) is 11.4 Å². The van der Waals surface area contributed by atoms with E-state index in [1.54, 1.807) is 24.3 Å². The fraction of sp³-hybridized carbons (Fsp3) is 0.333. The van der Waals surface area contributed by atoms with Crippen molar-refractivity contribution < 1.29 is 9.76 Å². The standard InChI is InChI=1S/C9H10N2O3/c1-14-10-5-4-7-6-8(11(12)13)2-3-9(7)10/h2-3,6H,4-5H2,1H3. The minimum atomic E-state index is -0.379. The Morgan fingerprint density at radius 3 is 3.00 bits per heavy atom. The Morgan fingerprint density at radius 2 is 2.36 bits per heavy atom. The Morgan fingerprint density at radius 1 is 1.57 bits per heavy atom. The van der Waals surface area contributed by atoms with Gasteiger partial charge in [0, 0.05) is 18.7 Å². The number of nitro groups is 1. The number of hydrogen-bond donors (Lipinski definition) is 0. The van der Waals surface area contributed by atoms with Gasteiger partial charge in [-0.25, -0.2) is 0 Å². The van der Waals surface area contributed by atoms with Gasteiger partial charge in [-0.2, -0.15) is 0 Å². The van der Waals surface area contributed by atoms with Crippen LogP contribution in [0.15, 0.2) is 18.2 Å². The molecule has 1 heterocycles. The van der Waals surface area contributed by atoms with Crippen molar-refractivity contribution in [2.45, 2.75) is 6.42 Å². The van der Waals surface area contributed by atoms with Gasteiger partial charge in [-0.1, -0.05) is 0 Å². The maximum atomic E-state index is 10.5. The number of rotatable bonds is 2.